The Morgan fingerprint density at radius 1 is 1.10 bits per heavy atom. The van der Waals surface area contributed by atoms with E-state index >= 15 is 0 Å². The van der Waals surface area contributed by atoms with Crippen molar-refractivity contribution >= 4 is 56.2 Å². The molecule has 106 valence electrons. The van der Waals surface area contributed by atoms with Gasteiger partial charge in [0.25, 0.3) is 10.0 Å². The van der Waals surface area contributed by atoms with Crippen LogP contribution >= 0.6 is 34.8 Å². The predicted molar refractivity (Wildman–Crippen MR) is 80.9 cm³/mol. The third kappa shape index (κ3) is 3.09. The minimum absolute atomic E-state index is 0.0242. The van der Waals surface area contributed by atoms with Gasteiger partial charge in [0.2, 0.25) is 0 Å². The number of aromatic nitrogens is 1. The molecule has 1 heterocycles. The van der Waals surface area contributed by atoms with Crippen molar-refractivity contribution in [3.05, 3.63) is 45.5 Å². The second kappa shape index (κ2) is 5.65. The minimum Gasteiger partial charge on any atom is -0.396 e. The lowest BCUT2D eigenvalue weighted by Gasteiger charge is -2.11. The van der Waals surface area contributed by atoms with E-state index in [9.17, 15) is 8.42 Å². The average Bonchev–Trinajstić information content (AvgIpc) is 2.36. The molecule has 5 nitrogen and oxygen atoms in total. The van der Waals surface area contributed by atoms with Crippen molar-refractivity contribution in [1.29, 1.82) is 0 Å². The van der Waals surface area contributed by atoms with Gasteiger partial charge in [0.05, 0.1) is 26.4 Å². The van der Waals surface area contributed by atoms with Crippen molar-refractivity contribution < 1.29 is 8.42 Å². The normalized spacial score (nSPS) is 11.3. The summed E-state index contributed by atoms with van der Waals surface area (Å²) in [6.07, 6.45) is 1.32. The molecule has 0 saturated heterocycles. The first-order chi connectivity index (χ1) is 9.31. The summed E-state index contributed by atoms with van der Waals surface area (Å²) < 4.78 is 26.6. The molecule has 0 radical (unpaired) electrons. The lowest BCUT2D eigenvalue weighted by Crippen LogP contribution is -2.16. The largest absolute Gasteiger partial charge is 0.396 e. The predicted octanol–water partition coefficient (Wildman–Crippen LogP) is 3.42. The van der Waals surface area contributed by atoms with Gasteiger partial charge in [-0.25, -0.2) is 4.98 Å². The molecule has 0 bridgehead atoms. The van der Waals surface area contributed by atoms with E-state index in [0.29, 0.717) is 0 Å². The van der Waals surface area contributed by atoms with Gasteiger partial charge in [-0.3, -0.25) is 4.72 Å². The van der Waals surface area contributed by atoms with Gasteiger partial charge >= 0.3 is 0 Å². The standard InChI is InChI=1S/C11H8Cl3N3O2S/c12-6-4-8(14)10(5-7(6)13)17-20(18,19)11-9(15)2-1-3-16-11/h1-5,17H,15H2. The number of sulfonamides is 1. The molecule has 0 aliphatic rings. The van der Waals surface area contributed by atoms with Crippen LogP contribution < -0.4 is 10.5 Å². The van der Waals surface area contributed by atoms with Crippen LogP contribution in [0, 0.1) is 0 Å². The summed E-state index contributed by atoms with van der Waals surface area (Å²) in [7, 11) is -3.97. The second-order valence-corrected chi connectivity index (χ2v) is 6.57. The van der Waals surface area contributed by atoms with Crippen molar-refractivity contribution in [2.45, 2.75) is 5.03 Å². The lowest BCUT2D eigenvalue weighted by atomic mass is 10.3. The first-order valence-electron chi connectivity index (χ1n) is 5.19. The van der Waals surface area contributed by atoms with Gasteiger partial charge in [-0.1, -0.05) is 34.8 Å². The summed E-state index contributed by atoms with van der Waals surface area (Å²) >= 11 is 17.5. The number of rotatable bonds is 3. The number of nitrogens with one attached hydrogen (secondary N) is 1. The Morgan fingerprint density at radius 2 is 1.75 bits per heavy atom. The van der Waals surface area contributed by atoms with Gasteiger partial charge in [-0.15, -0.1) is 0 Å². The molecule has 0 aliphatic heterocycles. The Labute approximate surface area is 130 Å². The van der Waals surface area contributed by atoms with E-state index in [1.165, 1.54) is 30.5 Å². The van der Waals surface area contributed by atoms with E-state index in [-0.39, 0.29) is 31.5 Å². The fourth-order valence-electron chi connectivity index (χ4n) is 1.42. The van der Waals surface area contributed by atoms with Crippen LogP contribution in [0.5, 0.6) is 0 Å². The molecular formula is C11H8Cl3N3O2S. The van der Waals surface area contributed by atoms with E-state index in [2.05, 4.69) is 9.71 Å². The molecule has 0 atom stereocenters. The molecular weight excluding hydrogens is 345 g/mol. The number of hydrogen-bond donors (Lipinski definition) is 2. The highest BCUT2D eigenvalue weighted by Crippen LogP contribution is 2.33. The molecule has 0 amide bonds. The molecule has 0 spiro atoms. The zero-order chi connectivity index (χ0) is 14.9. The summed E-state index contributed by atoms with van der Waals surface area (Å²) in [5.74, 6) is 0. The molecule has 2 rings (SSSR count). The zero-order valence-corrected chi connectivity index (χ0v) is 12.9. The maximum Gasteiger partial charge on any atom is 0.281 e. The number of benzene rings is 1. The number of anilines is 2. The quantitative estimate of drug-likeness (QED) is 0.829. The second-order valence-electron chi connectivity index (χ2n) is 3.75. The Hall–Kier alpha value is -1.21. The fourth-order valence-corrected chi connectivity index (χ4v) is 3.20. The molecule has 1 aromatic heterocycles. The monoisotopic (exact) mass is 351 g/mol. The van der Waals surface area contributed by atoms with Crippen molar-refractivity contribution in [3.8, 4) is 0 Å². The molecule has 0 unspecified atom stereocenters. The SMILES string of the molecule is Nc1cccnc1S(=O)(=O)Nc1cc(Cl)c(Cl)cc1Cl. The van der Waals surface area contributed by atoms with Crippen LogP contribution in [0.4, 0.5) is 11.4 Å². The van der Waals surface area contributed by atoms with Crippen molar-refractivity contribution in [1.82, 2.24) is 4.98 Å². The van der Waals surface area contributed by atoms with E-state index in [0.717, 1.165) is 0 Å². The van der Waals surface area contributed by atoms with Crippen LogP contribution in [-0.4, -0.2) is 13.4 Å². The average molecular weight is 353 g/mol. The third-order valence-corrected chi connectivity index (χ3v) is 4.68. The first kappa shape index (κ1) is 15.2. The van der Waals surface area contributed by atoms with E-state index in [1.807, 2.05) is 0 Å². The van der Waals surface area contributed by atoms with Crippen molar-refractivity contribution in [2.75, 3.05) is 10.5 Å². The maximum absolute atomic E-state index is 12.2. The summed E-state index contributed by atoms with van der Waals surface area (Å²) in [4.78, 5) is 3.74. The van der Waals surface area contributed by atoms with Crippen LogP contribution in [0.2, 0.25) is 15.1 Å². The third-order valence-electron chi connectivity index (χ3n) is 2.31. The Balaban J connectivity index is 2.44. The van der Waals surface area contributed by atoms with Crippen LogP contribution in [0.15, 0.2) is 35.5 Å². The van der Waals surface area contributed by atoms with Gasteiger partial charge in [0.15, 0.2) is 5.03 Å². The van der Waals surface area contributed by atoms with Gasteiger partial charge in [0.1, 0.15) is 0 Å². The van der Waals surface area contributed by atoms with Crippen LogP contribution in [0.3, 0.4) is 0 Å². The zero-order valence-electron chi connectivity index (χ0n) is 9.77. The summed E-state index contributed by atoms with van der Waals surface area (Å²) in [6, 6.07) is 5.60. The van der Waals surface area contributed by atoms with Crippen LogP contribution in [0.25, 0.3) is 0 Å². The van der Waals surface area contributed by atoms with E-state index in [4.69, 9.17) is 40.5 Å². The van der Waals surface area contributed by atoms with Gasteiger partial charge < -0.3 is 5.73 Å². The number of halogens is 3. The Morgan fingerprint density at radius 3 is 2.40 bits per heavy atom. The maximum atomic E-state index is 12.2. The minimum atomic E-state index is -3.97. The lowest BCUT2D eigenvalue weighted by molar-refractivity contribution is 0.598. The van der Waals surface area contributed by atoms with Gasteiger partial charge in [-0.2, -0.15) is 8.42 Å². The molecule has 20 heavy (non-hydrogen) atoms. The van der Waals surface area contributed by atoms with Gasteiger partial charge in [-0.05, 0) is 24.3 Å². The Kier molecular flexibility index (Phi) is 4.29. The molecule has 2 aromatic rings. The van der Waals surface area contributed by atoms with Crippen molar-refractivity contribution in [3.63, 3.8) is 0 Å². The number of nitrogen functional groups attached to an aromatic ring is 1. The molecule has 3 N–H and O–H groups in total. The molecule has 0 fully saturated rings. The number of pyridine rings is 1. The highest BCUT2D eigenvalue weighted by Gasteiger charge is 2.20. The number of nitrogens with zero attached hydrogens (tertiary/aromatic N) is 1. The number of nitrogens with two attached hydrogens (primary N) is 1. The molecule has 1 aromatic carbocycles. The topological polar surface area (TPSA) is 85.1 Å². The van der Waals surface area contributed by atoms with E-state index in [1.54, 1.807) is 0 Å². The Bertz CT molecular complexity index is 766. The molecule has 9 heteroatoms. The van der Waals surface area contributed by atoms with E-state index < -0.39 is 10.0 Å². The van der Waals surface area contributed by atoms with Gasteiger partial charge in [0, 0.05) is 6.20 Å². The van der Waals surface area contributed by atoms with Crippen LogP contribution in [0.1, 0.15) is 0 Å². The fraction of sp³-hybridized carbons (Fsp3) is 0. The summed E-state index contributed by atoms with van der Waals surface area (Å²) in [5, 5.41) is 0.208. The highest BCUT2D eigenvalue weighted by atomic mass is 35.5. The first-order valence-corrected chi connectivity index (χ1v) is 7.81. The van der Waals surface area contributed by atoms with Crippen molar-refractivity contribution in [2.24, 2.45) is 0 Å². The summed E-state index contributed by atoms with van der Waals surface area (Å²) in [5.41, 5.74) is 5.70. The van der Waals surface area contributed by atoms with Crippen LogP contribution in [-0.2, 0) is 10.0 Å². The highest BCUT2D eigenvalue weighted by molar-refractivity contribution is 7.92. The smallest absolute Gasteiger partial charge is 0.281 e. The summed E-state index contributed by atoms with van der Waals surface area (Å²) in [6.45, 7) is 0. The molecule has 0 saturated carbocycles. The molecule has 0 aliphatic carbocycles. The number of hydrogen-bond acceptors (Lipinski definition) is 4.